The molecule has 9 heavy (non-hydrogen) atoms. The normalized spacial score (nSPS) is 11.6. The standard InChI is InChI=1S/C5H12O3P/c1-2-3-4-5-8-9(6)7/h2-5H2,1H3,(H,6,7). The van der Waals surface area contributed by atoms with Crippen LogP contribution in [0.2, 0.25) is 0 Å². The van der Waals surface area contributed by atoms with Gasteiger partial charge in [-0.3, -0.25) is 9.42 Å². The summed E-state index contributed by atoms with van der Waals surface area (Å²) >= 11 is 0. The van der Waals surface area contributed by atoms with Gasteiger partial charge < -0.3 is 0 Å². The number of unbranched alkanes of at least 4 members (excludes halogenated alkanes) is 2. The second kappa shape index (κ2) is 6.14. The molecule has 0 aromatic heterocycles. The first-order valence-electron chi connectivity index (χ1n) is 3.06. The molecule has 0 amide bonds. The molecule has 0 heterocycles. The molecule has 55 valence electrons. The van der Waals surface area contributed by atoms with Crippen LogP contribution in [0.4, 0.5) is 0 Å². The highest BCUT2D eigenvalue weighted by atomic mass is 31.1. The van der Waals surface area contributed by atoms with E-state index in [9.17, 15) is 4.57 Å². The Morgan fingerprint density at radius 2 is 2.22 bits per heavy atom. The van der Waals surface area contributed by atoms with Crippen LogP contribution in [-0.2, 0) is 9.09 Å². The fourth-order valence-corrected chi connectivity index (χ4v) is 0.780. The van der Waals surface area contributed by atoms with Crippen LogP contribution < -0.4 is 0 Å². The van der Waals surface area contributed by atoms with Gasteiger partial charge in [0.05, 0.1) is 6.61 Å². The Bertz CT molecular complexity index is 84.3. The van der Waals surface area contributed by atoms with Gasteiger partial charge >= 0.3 is 8.25 Å². The lowest BCUT2D eigenvalue weighted by Gasteiger charge is -1.94. The zero-order chi connectivity index (χ0) is 7.11. The van der Waals surface area contributed by atoms with Crippen LogP contribution in [0.25, 0.3) is 0 Å². The molecule has 0 spiro atoms. The Hall–Kier alpha value is 0.0200. The molecule has 4 heteroatoms. The fourth-order valence-electron chi connectivity index (χ4n) is 0.495. The maximum atomic E-state index is 9.89. The highest BCUT2D eigenvalue weighted by molar-refractivity contribution is 7.32. The maximum absolute atomic E-state index is 9.89. The summed E-state index contributed by atoms with van der Waals surface area (Å²) in [5, 5.41) is 0. The molecule has 0 fully saturated rings. The Balaban J connectivity index is 2.83. The first-order valence-corrected chi connectivity index (χ1v) is 4.19. The van der Waals surface area contributed by atoms with E-state index in [0.717, 1.165) is 19.3 Å². The van der Waals surface area contributed by atoms with Crippen molar-refractivity contribution in [3.8, 4) is 0 Å². The van der Waals surface area contributed by atoms with E-state index >= 15 is 0 Å². The molecule has 0 aliphatic carbocycles. The molecule has 0 bridgehead atoms. The van der Waals surface area contributed by atoms with Gasteiger partial charge in [-0.15, -0.1) is 0 Å². The number of rotatable bonds is 5. The molecule has 0 saturated carbocycles. The highest BCUT2D eigenvalue weighted by Gasteiger charge is 1.91. The van der Waals surface area contributed by atoms with Crippen LogP contribution in [0.15, 0.2) is 0 Å². The van der Waals surface area contributed by atoms with E-state index in [1.165, 1.54) is 0 Å². The molecule has 1 unspecified atom stereocenters. The predicted octanol–water partition coefficient (Wildman–Crippen LogP) is 1.84. The minimum atomic E-state index is -2.37. The van der Waals surface area contributed by atoms with E-state index < -0.39 is 8.25 Å². The summed E-state index contributed by atoms with van der Waals surface area (Å²) in [4.78, 5) is 8.14. The molecule has 0 saturated heterocycles. The minimum Gasteiger partial charge on any atom is -0.298 e. The third kappa shape index (κ3) is 8.02. The Morgan fingerprint density at radius 3 is 2.67 bits per heavy atom. The third-order valence-electron chi connectivity index (χ3n) is 0.950. The predicted molar refractivity (Wildman–Crippen MR) is 35.3 cm³/mol. The first-order chi connectivity index (χ1) is 4.27. The average molecular weight is 151 g/mol. The van der Waals surface area contributed by atoms with Crippen molar-refractivity contribution in [2.24, 2.45) is 0 Å². The average Bonchev–Trinajstić information content (AvgIpc) is 1.80. The Morgan fingerprint density at radius 1 is 1.56 bits per heavy atom. The molecular weight excluding hydrogens is 139 g/mol. The van der Waals surface area contributed by atoms with Gasteiger partial charge in [0.1, 0.15) is 0 Å². The van der Waals surface area contributed by atoms with E-state index in [1.807, 2.05) is 0 Å². The molecule has 3 nitrogen and oxygen atoms in total. The lowest BCUT2D eigenvalue weighted by atomic mass is 10.3. The van der Waals surface area contributed by atoms with Gasteiger partial charge in [0.2, 0.25) is 0 Å². The van der Waals surface area contributed by atoms with Gasteiger partial charge in [0, 0.05) is 0 Å². The zero-order valence-corrected chi connectivity index (χ0v) is 6.43. The molecule has 0 rings (SSSR count). The second-order valence-electron chi connectivity index (χ2n) is 1.78. The largest absolute Gasteiger partial charge is 0.366 e. The van der Waals surface area contributed by atoms with Crippen molar-refractivity contribution in [3.05, 3.63) is 0 Å². The van der Waals surface area contributed by atoms with Crippen LogP contribution in [0.1, 0.15) is 26.2 Å². The monoisotopic (exact) mass is 151 g/mol. The quantitative estimate of drug-likeness (QED) is 0.481. The highest BCUT2D eigenvalue weighted by Crippen LogP contribution is 2.14. The summed E-state index contributed by atoms with van der Waals surface area (Å²) in [5.74, 6) is 0. The molecule has 1 radical (unpaired) electrons. The van der Waals surface area contributed by atoms with Gasteiger partial charge in [0.25, 0.3) is 0 Å². The SMILES string of the molecule is CCCCCO[P](=O)O. The van der Waals surface area contributed by atoms with Crippen LogP contribution in [-0.4, -0.2) is 11.5 Å². The van der Waals surface area contributed by atoms with E-state index in [0.29, 0.717) is 6.61 Å². The molecule has 0 aliphatic rings. The van der Waals surface area contributed by atoms with Crippen LogP contribution >= 0.6 is 8.25 Å². The Kier molecular flexibility index (Phi) is 6.16. The van der Waals surface area contributed by atoms with Gasteiger partial charge in [-0.2, -0.15) is 0 Å². The molecule has 0 aromatic carbocycles. The van der Waals surface area contributed by atoms with Crippen LogP contribution in [0.5, 0.6) is 0 Å². The molecule has 0 aromatic rings. The van der Waals surface area contributed by atoms with E-state index in [1.54, 1.807) is 0 Å². The lowest BCUT2D eigenvalue weighted by Crippen LogP contribution is -1.84. The molecule has 1 N–H and O–H groups in total. The van der Waals surface area contributed by atoms with E-state index in [2.05, 4.69) is 11.4 Å². The summed E-state index contributed by atoms with van der Waals surface area (Å²) in [6.07, 6.45) is 3.03. The summed E-state index contributed by atoms with van der Waals surface area (Å²) in [6, 6.07) is 0. The third-order valence-corrected chi connectivity index (χ3v) is 1.35. The van der Waals surface area contributed by atoms with Crippen molar-refractivity contribution in [1.82, 2.24) is 0 Å². The van der Waals surface area contributed by atoms with Gasteiger partial charge in [0.15, 0.2) is 0 Å². The van der Waals surface area contributed by atoms with Crippen molar-refractivity contribution < 1.29 is 14.0 Å². The molecular formula is C5H12O3P. The number of hydrogen-bond donors (Lipinski definition) is 1. The minimum absolute atomic E-state index is 0.402. The summed E-state index contributed by atoms with van der Waals surface area (Å²) in [5.41, 5.74) is 0. The van der Waals surface area contributed by atoms with E-state index in [4.69, 9.17) is 4.89 Å². The Labute approximate surface area is 56.0 Å². The summed E-state index contributed by atoms with van der Waals surface area (Å²) in [7, 11) is -2.37. The van der Waals surface area contributed by atoms with Crippen molar-refractivity contribution in [2.75, 3.05) is 6.61 Å². The smallest absolute Gasteiger partial charge is 0.298 e. The van der Waals surface area contributed by atoms with Crippen LogP contribution in [0, 0.1) is 0 Å². The van der Waals surface area contributed by atoms with Gasteiger partial charge in [-0.1, -0.05) is 19.8 Å². The van der Waals surface area contributed by atoms with Gasteiger partial charge in [-0.05, 0) is 6.42 Å². The first kappa shape index (κ1) is 9.02. The topological polar surface area (TPSA) is 46.5 Å². The van der Waals surface area contributed by atoms with Crippen LogP contribution in [0.3, 0.4) is 0 Å². The second-order valence-corrected chi connectivity index (χ2v) is 2.51. The van der Waals surface area contributed by atoms with Crippen molar-refractivity contribution >= 4 is 8.25 Å². The zero-order valence-electron chi connectivity index (χ0n) is 5.54. The molecule has 0 aliphatic heterocycles. The van der Waals surface area contributed by atoms with Crippen molar-refractivity contribution in [2.45, 2.75) is 26.2 Å². The maximum Gasteiger partial charge on any atom is 0.366 e. The summed E-state index contributed by atoms with van der Waals surface area (Å²) in [6.45, 7) is 2.47. The molecule has 1 atom stereocenters. The fraction of sp³-hybridized carbons (Fsp3) is 1.00. The number of hydrogen-bond acceptors (Lipinski definition) is 2. The van der Waals surface area contributed by atoms with Gasteiger partial charge in [-0.25, -0.2) is 4.57 Å². The van der Waals surface area contributed by atoms with E-state index in [-0.39, 0.29) is 0 Å². The van der Waals surface area contributed by atoms with Crippen molar-refractivity contribution in [3.63, 3.8) is 0 Å². The lowest BCUT2D eigenvalue weighted by molar-refractivity contribution is 0.274. The summed E-state index contributed by atoms with van der Waals surface area (Å²) < 4.78 is 14.3. The van der Waals surface area contributed by atoms with Crippen molar-refractivity contribution in [1.29, 1.82) is 0 Å².